The first-order valence-corrected chi connectivity index (χ1v) is 7.12. The van der Waals surface area contributed by atoms with Gasteiger partial charge in [-0.25, -0.2) is 4.79 Å². The van der Waals surface area contributed by atoms with Gasteiger partial charge in [0.25, 0.3) is 5.91 Å². The molecule has 0 saturated carbocycles. The standard InChI is InChI=1S/C14H12ClNO3S/c15-11-5-3-10(4-6-11)14(18)19-9-13(17)16-8-12-2-1-7-20-12/h1-7H,8-9H2,(H,16,17). The van der Waals surface area contributed by atoms with E-state index < -0.39 is 5.97 Å². The lowest BCUT2D eigenvalue weighted by Gasteiger charge is -2.05. The average molecular weight is 310 g/mol. The number of benzene rings is 1. The first kappa shape index (κ1) is 14.6. The number of amides is 1. The van der Waals surface area contributed by atoms with Gasteiger partial charge in [-0.2, -0.15) is 0 Å². The lowest BCUT2D eigenvalue weighted by atomic mass is 10.2. The van der Waals surface area contributed by atoms with Crippen molar-refractivity contribution in [3.63, 3.8) is 0 Å². The quantitative estimate of drug-likeness (QED) is 0.864. The fourth-order valence-electron chi connectivity index (χ4n) is 1.45. The Bertz CT molecular complexity index is 581. The highest BCUT2D eigenvalue weighted by molar-refractivity contribution is 7.09. The molecule has 0 atom stereocenters. The molecule has 20 heavy (non-hydrogen) atoms. The molecule has 0 aliphatic carbocycles. The van der Waals surface area contributed by atoms with Crippen LogP contribution >= 0.6 is 22.9 Å². The van der Waals surface area contributed by atoms with Crippen molar-refractivity contribution in [3.8, 4) is 0 Å². The Hall–Kier alpha value is -1.85. The number of carbonyl (C=O) groups excluding carboxylic acids is 2. The maximum absolute atomic E-state index is 11.7. The lowest BCUT2D eigenvalue weighted by molar-refractivity contribution is -0.124. The summed E-state index contributed by atoms with van der Waals surface area (Å²) < 4.78 is 4.91. The van der Waals surface area contributed by atoms with Crippen LogP contribution < -0.4 is 5.32 Å². The molecule has 1 heterocycles. The van der Waals surface area contributed by atoms with Crippen molar-refractivity contribution in [2.75, 3.05) is 6.61 Å². The van der Waals surface area contributed by atoms with Crippen molar-refractivity contribution in [2.45, 2.75) is 6.54 Å². The highest BCUT2D eigenvalue weighted by Gasteiger charge is 2.09. The van der Waals surface area contributed by atoms with Crippen LogP contribution in [0, 0.1) is 0 Å². The van der Waals surface area contributed by atoms with Crippen molar-refractivity contribution in [1.29, 1.82) is 0 Å². The fraction of sp³-hybridized carbons (Fsp3) is 0.143. The van der Waals surface area contributed by atoms with Crippen LogP contribution in [0.3, 0.4) is 0 Å². The van der Waals surface area contributed by atoms with Gasteiger partial charge in [0.1, 0.15) is 0 Å². The first-order valence-electron chi connectivity index (χ1n) is 5.87. The van der Waals surface area contributed by atoms with Gasteiger partial charge in [0, 0.05) is 9.90 Å². The van der Waals surface area contributed by atoms with Crippen molar-refractivity contribution in [3.05, 3.63) is 57.2 Å². The molecule has 1 aromatic carbocycles. The summed E-state index contributed by atoms with van der Waals surface area (Å²) in [7, 11) is 0. The van der Waals surface area contributed by atoms with Crippen LogP contribution in [0.2, 0.25) is 5.02 Å². The largest absolute Gasteiger partial charge is 0.452 e. The molecular weight excluding hydrogens is 298 g/mol. The van der Waals surface area contributed by atoms with Crippen LogP contribution in [0.4, 0.5) is 0 Å². The third-order valence-corrected chi connectivity index (χ3v) is 3.58. The van der Waals surface area contributed by atoms with Crippen molar-refractivity contribution < 1.29 is 14.3 Å². The third-order valence-electron chi connectivity index (χ3n) is 2.45. The Morgan fingerprint density at radius 3 is 2.60 bits per heavy atom. The number of nitrogens with one attached hydrogen (secondary N) is 1. The molecular formula is C14H12ClNO3S. The normalized spacial score (nSPS) is 10.1. The molecule has 0 spiro atoms. The topological polar surface area (TPSA) is 55.4 Å². The number of carbonyl (C=O) groups is 2. The molecule has 0 radical (unpaired) electrons. The fourth-order valence-corrected chi connectivity index (χ4v) is 2.22. The minimum absolute atomic E-state index is 0.299. The molecule has 0 saturated heterocycles. The zero-order valence-electron chi connectivity index (χ0n) is 10.5. The Balaban J connectivity index is 1.75. The molecule has 0 bridgehead atoms. The van der Waals surface area contributed by atoms with E-state index in [1.807, 2.05) is 17.5 Å². The SMILES string of the molecule is O=C(COC(=O)c1ccc(Cl)cc1)NCc1cccs1. The lowest BCUT2D eigenvalue weighted by Crippen LogP contribution is -2.28. The van der Waals surface area contributed by atoms with Crippen LogP contribution in [0.25, 0.3) is 0 Å². The summed E-state index contributed by atoms with van der Waals surface area (Å²) >= 11 is 7.27. The van der Waals surface area contributed by atoms with E-state index in [2.05, 4.69) is 5.32 Å². The van der Waals surface area contributed by atoms with E-state index in [1.165, 1.54) is 0 Å². The first-order chi connectivity index (χ1) is 9.65. The zero-order chi connectivity index (χ0) is 14.4. The van der Waals surface area contributed by atoms with Crippen LogP contribution in [-0.2, 0) is 16.1 Å². The van der Waals surface area contributed by atoms with Gasteiger partial charge in [0.2, 0.25) is 0 Å². The number of thiophene rings is 1. The molecule has 1 aromatic heterocycles. The monoisotopic (exact) mass is 309 g/mol. The molecule has 104 valence electrons. The second-order valence-corrected chi connectivity index (χ2v) is 5.41. The molecule has 1 N–H and O–H groups in total. The number of rotatable bonds is 5. The summed E-state index contributed by atoms with van der Waals surface area (Å²) in [6, 6.07) is 10.1. The smallest absolute Gasteiger partial charge is 0.338 e. The molecule has 4 nitrogen and oxygen atoms in total. The van der Waals surface area contributed by atoms with Crippen molar-refractivity contribution in [2.24, 2.45) is 0 Å². The molecule has 2 rings (SSSR count). The van der Waals surface area contributed by atoms with E-state index >= 15 is 0 Å². The maximum Gasteiger partial charge on any atom is 0.338 e. The summed E-state index contributed by atoms with van der Waals surface area (Å²) in [4.78, 5) is 24.2. The van der Waals surface area contributed by atoms with Gasteiger partial charge in [0.15, 0.2) is 6.61 Å². The summed E-state index contributed by atoms with van der Waals surface area (Å²) in [5.74, 6) is -0.881. The van der Waals surface area contributed by atoms with Gasteiger partial charge in [-0.3, -0.25) is 4.79 Å². The summed E-state index contributed by atoms with van der Waals surface area (Å²) in [6.45, 7) is 0.141. The minimum atomic E-state index is -0.548. The van der Waals surface area contributed by atoms with Gasteiger partial charge in [-0.15, -0.1) is 11.3 Å². The number of hydrogen-bond acceptors (Lipinski definition) is 4. The number of hydrogen-bond donors (Lipinski definition) is 1. The predicted molar refractivity (Wildman–Crippen MR) is 77.9 cm³/mol. The van der Waals surface area contributed by atoms with Crippen LogP contribution in [0.15, 0.2) is 41.8 Å². The number of ether oxygens (including phenoxy) is 1. The van der Waals surface area contributed by atoms with E-state index in [0.29, 0.717) is 17.1 Å². The molecule has 0 aliphatic heterocycles. The summed E-state index contributed by atoms with van der Waals surface area (Å²) in [6.07, 6.45) is 0. The number of esters is 1. The zero-order valence-corrected chi connectivity index (χ0v) is 12.0. The Kier molecular flexibility index (Phi) is 5.15. The minimum Gasteiger partial charge on any atom is -0.452 e. The Morgan fingerprint density at radius 2 is 1.95 bits per heavy atom. The highest BCUT2D eigenvalue weighted by Crippen LogP contribution is 2.10. The van der Waals surface area contributed by atoms with Crippen molar-refractivity contribution >= 4 is 34.8 Å². The molecule has 0 unspecified atom stereocenters. The third kappa shape index (κ3) is 4.36. The van der Waals surface area contributed by atoms with E-state index in [-0.39, 0.29) is 12.5 Å². The summed E-state index contributed by atoms with van der Waals surface area (Å²) in [5.41, 5.74) is 0.362. The molecule has 2 aromatic rings. The van der Waals surface area contributed by atoms with E-state index in [9.17, 15) is 9.59 Å². The second-order valence-electron chi connectivity index (χ2n) is 3.94. The van der Waals surface area contributed by atoms with Crippen LogP contribution in [0.5, 0.6) is 0 Å². The van der Waals surface area contributed by atoms with Gasteiger partial charge >= 0.3 is 5.97 Å². The average Bonchev–Trinajstić information content (AvgIpc) is 2.96. The maximum atomic E-state index is 11.7. The van der Waals surface area contributed by atoms with E-state index in [0.717, 1.165) is 4.88 Å². The van der Waals surface area contributed by atoms with Gasteiger partial charge in [-0.05, 0) is 35.7 Å². The van der Waals surface area contributed by atoms with Crippen LogP contribution in [-0.4, -0.2) is 18.5 Å². The second kappa shape index (κ2) is 7.07. The molecule has 0 fully saturated rings. The highest BCUT2D eigenvalue weighted by atomic mass is 35.5. The predicted octanol–water partition coefficient (Wildman–Crippen LogP) is 2.87. The Labute approximate surface area is 125 Å². The van der Waals surface area contributed by atoms with E-state index in [4.69, 9.17) is 16.3 Å². The van der Waals surface area contributed by atoms with Crippen molar-refractivity contribution in [1.82, 2.24) is 5.32 Å². The summed E-state index contributed by atoms with van der Waals surface area (Å²) in [5, 5.41) is 5.14. The van der Waals surface area contributed by atoms with Crippen LogP contribution in [0.1, 0.15) is 15.2 Å². The molecule has 1 amide bonds. The van der Waals surface area contributed by atoms with Gasteiger partial charge < -0.3 is 10.1 Å². The Morgan fingerprint density at radius 1 is 1.20 bits per heavy atom. The molecule has 6 heteroatoms. The van der Waals surface area contributed by atoms with E-state index in [1.54, 1.807) is 35.6 Å². The van der Waals surface area contributed by atoms with Gasteiger partial charge in [0.05, 0.1) is 12.1 Å². The molecule has 0 aliphatic rings. The van der Waals surface area contributed by atoms with Gasteiger partial charge in [-0.1, -0.05) is 17.7 Å². The number of halogens is 1.